The summed E-state index contributed by atoms with van der Waals surface area (Å²) in [5.74, 6) is 0.433. The number of carbonyl (C=O) groups excluding carboxylic acids is 4. The first-order valence-electron chi connectivity index (χ1n) is 46.9. The van der Waals surface area contributed by atoms with Crippen LogP contribution in [0.15, 0.2) is 0 Å². The molecule has 0 aliphatic heterocycles. The van der Waals surface area contributed by atoms with Crippen LogP contribution in [-0.4, -0.2) is 96.7 Å². The van der Waals surface area contributed by atoms with Crippen molar-refractivity contribution in [3.63, 3.8) is 0 Å². The van der Waals surface area contributed by atoms with Crippen molar-refractivity contribution in [3.8, 4) is 0 Å². The van der Waals surface area contributed by atoms with E-state index in [-0.39, 0.29) is 25.7 Å². The number of esters is 4. The van der Waals surface area contributed by atoms with Gasteiger partial charge >= 0.3 is 39.5 Å². The lowest BCUT2D eigenvalue weighted by Crippen LogP contribution is -2.30. The molecular formula is C91H178O17P2. The molecule has 17 nitrogen and oxygen atoms in total. The van der Waals surface area contributed by atoms with Gasteiger partial charge in [-0.2, -0.15) is 0 Å². The Balaban J connectivity index is 5.21. The maximum atomic E-state index is 13.2. The first kappa shape index (κ1) is 108. The predicted octanol–water partition coefficient (Wildman–Crippen LogP) is 28.0. The number of aliphatic hydroxyl groups is 1. The van der Waals surface area contributed by atoms with Gasteiger partial charge in [-0.3, -0.25) is 37.3 Å². The van der Waals surface area contributed by atoms with Crippen LogP contribution in [0.1, 0.15) is 485 Å². The number of rotatable bonds is 89. The van der Waals surface area contributed by atoms with Gasteiger partial charge in [-0.1, -0.05) is 434 Å². The number of phosphoric ester groups is 2. The molecule has 0 rings (SSSR count). The van der Waals surface area contributed by atoms with E-state index in [2.05, 4.69) is 48.5 Å². The molecule has 4 unspecified atom stereocenters. The van der Waals surface area contributed by atoms with Gasteiger partial charge in [-0.15, -0.1) is 0 Å². The lowest BCUT2D eigenvalue weighted by Gasteiger charge is -2.21. The van der Waals surface area contributed by atoms with E-state index in [0.717, 1.165) is 108 Å². The molecule has 0 aromatic carbocycles. The van der Waals surface area contributed by atoms with Crippen LogP contribution in [0.2, 0.25) is 0 Å². The van der Waals surface area contributed by atoms with Crippen LogP contribution in [0.5, 0.6) is 0 Å². The SMILES string of the molecule is CCCCCCCCCCCCC(=O)OC[C@H](COP(=O)(O)OC[C@H](O)COP(=O)(O)OC[C@@H](COC(=O)CCCCCCCCCCCCCCCCCCCCC(C)CC)OC(=O)CCCCCCCCCCCCCCCCCCCCC(C)CC)OC(=O)CCCCCCCCCCCCCCCC(C)C. The minimum Gasteiger partial charge on any atom is -0.462 e. The maximum absolute atomic E-state index is 13.2. The third-order valence-corrected chi connectivity index (χ3v) is 24.0. The zero-order valence-electron chi connectivity index (χ0n) is 72.7. The number of phosphoric acid groups is 2. The van der Waals surface area contributed by atoms with E-state index < -0.39 is 97.5 Å². The highest BCUT2D eigenvalue weighted by Gasteiger charge is 2.31. The van der Waals surface area contributed by atoms with Gasteiger partial charge in [-0.25, -0.2) is 9.13 Å². The Morgan fingerprint density at radius 1 is 0.264 bits per heavy atom. The van der Waals surface area contributed by atoms with E-state index in [9.17, 15) is 43.2 Å². The molecule has 654 valence electrons. The van der Waals surface area contributed by atoms with E-state index in [4.69, 9.17) is 37.0 Å². The number of carbonyl (C=O) groups is 4. The van der Waals surface area contributed by atoms with Gasteiger partial charge in [-0.05, 0) is 43.4 Å². The molecule has 19 heteroatoms. The molecule has 0 aromatic heterocycles. The lowest BCUT2D eigenvalue weighted by atomic mass is 9.99. The second-order valence-corrected chi connectivity index (χ2v) is 36.6. The highest BCUT2D eigenvalue weighted by molar-refractivity contribution is 7.47. The fourth-order valence-electron chi connectivity index (χ4n) is 14.2. The standard InChI is InChI=1S/C91H178O17P2/c1-8-11-12-13-14-15-44-51-58-65-72-88(93)101-78-86(107-91(96)75-68-61-54-47-40-34-28-29-35-41-48-55-62-69-82(4)5)80-105-109(97,98)103-76-85(92)77-104-110(99,100)106-81-87(108-90(95)74-67-60-53-46-39-33-27-23-19-17-21-25-31-37-43-50-57-64-71-84(7)10-3)79-102-89(94)73-66-59-52-45-38-32-26-22-18-16-20-24-30-36-42-49-56-63-70-83(6)9-2/h82-87,92H,8-81H2,1-7H3,(H,97,98)(H,99,100)/t83?,84?,85-,86+,87+/m0/s1. The van der Waals surface area contributed by atoms with Crippen LogP contribution in [-0.2, 0) is 65.4 Å². The lowest BCUT2D eigenvalue weighted by molar-refractivity contribution is -0.161. The molecule has 0 radical (unpaired) electrons. The first-order chi connectivity index (χ1) is 53.3. The van der Waals surface area contributed by atoms with Crippen LogP contribution in [0.25, 0.3) is 0 Å². The van der Waals surface area contributed by atoms with Gasteiger partial charge in [0.1, 0.15) is 19.3 Å². The highest BCUT2D eigenvalue weighted by Crippen LogP contribution is 2.45. The van der Waals surface area contributed by atoms with E-state index in [0.29, 0.717) is 25.7 Å². The van der Waals surface area contributed by atoms with Gasteiger partial charge < -0.3 is 33.8 Å². The molecular weight excluding hydrogens is 1430 g/mol. The summed E-state index contributed by atoms with van der Waals surface area (Å²) >= 11 is 0. The second-order valence-electron chi connectivity index (χ2n) is 33.7. The summed E-state index contributed by atoms with van der Waals surface area (Å²) in [6.07, 6.45) is 73.6. The quantitative estimate of drug-likeness (QED) is 0.0222. The molecule has 0 spiro atoms. The van der Waals surface area contributed by atoms with E-state index >= 15 is 0 Å². The van der Waals surface area contributed by atoms with Gasteiger partial charge in [0.05, 0.1) is 26.4 Å². The first-order valence-corrected chi connectivity index (χ1v) is 49.9. The monoisotopic (exact) mass is 1610 g/mol. The largest absolute Gasteiger partial charge is 0.472 e. The Labute approximate surface area is 677 Å². The van der Waals surface area contributed by atoms with Crippen molar-refractivity contribution in [2.75, 3.05) is 39.6 Å². The summed E-state index contributed by atoms with van der Waals surface area (Å²) in [5.41, 5.74) is 0. The van der Waals surface area contributed by atoms with Crippen molar-refractivity contribution in [1.82, 2.24) is 0 Å². The van der Waals surface area contributed by atoms with Gasteiger partial charge in [0, 0.05) is 25.7 Å². The molecule has 0 fully saturated rings. The average Bonchev–Trinajstić information content (AvgIpc) is 0.897. The molecule has 0 aliphatic rings. The minimum absolute atomic E-state index is 0.108. The maximum Gasteiger partial charge on any atom is 0.472 e. The van der Waals surface area contributed by atoms with E-state index in [1.54, 1.807) is 0 Å². The third kappa shape index (κ3) is 81.2. The molecule has 0 saturated carbocycles. The fraction of sp³-hybridized carbons (Fsp3) is 0.956. The summed E-state index contributed by atoms with van der Waals surface area (Å²) in [6, 6.07) is 0. The molecule has 0 aromatic rings. The van der Waals surface area contributed by atoms with Crippen LogP contribution in [0, 0.1) is 17.8 Å². The molecule has 0 heterocycles. The Morgan fingerprint density at radius 2 is 0.464 bits per heavy atom. The van der Waals surface area contributed by atoms with Crippen LogP contribution in [0.3, 0.4) is 0 Å². The van der Waals surface area contributed by atoms with Gasteiger partial charge in [0.2, 0.25) is 0 Å². The van der Waals surface area contributed by atoms with Crippen molar-refractivity contribution >= 4 is 39.5 Å². The Kier molecular flexibility index (Phi) is 79.4. The average molecular weight is 1610 g/mol. The molecule has 0 saturated heterocycles. The molecule has 0 bridgehead atoms. The summed E-state index contributed by atoms with van der Waals surface area (Å²) in [7, 11) is -9.93. The summed E-state index contributed by atoms with van der Waals surface area (Å²) in [4.78, 5) is 73.3. The van der Waals surface area contributed by atoms with Crippen molar-refractivity contribution in [3.05, 3.63) is 0 Å². The Morgan fingerprint density at radius 3 is 0.691 bits per heavy atom. The fourth-order valence-corrected chi connectivity index (χ4v) is 15.8. The van der Waals surface area contributed by atoms with Gasteiger partial charge in [0.25, 0.3) is 0 Å². The van der Waals surface area contributed by atoms with E-state index in [1.807, 2.05) is 0 Å². The zero-order chi connectivity index (χ0) is 80.8. The molecule has 110 heavy (non-hydrogen) atoms. The van der Waals surface area contributed by atoms with Crippen molar-refractivity contribution < 1.29 is 80.2 Å². The van der Waals surface area contributed by atoms with E-state index in [1.165, 1.54) is 295 Å². The number of unbranched alkanes of at least 4 members (excludes halogenated alkanes) is 55. The predicted molar refractivity (Wildman–Crippen MR) is 455 cm³/mol. The molecule has 0 amide bonds. The Hall–Kier alpha value is -1.94. The highest BCUT2D eigenvalue weighted by atomic mass is 31.2. The summed E-state index contributed by atoms with van der Waals surface area (Å²) in [6.45, 7) is 12.1. The summed E-state index contributed by atoms with van der Waals surface area (Å²) in [5, 5.41) is 10.7. The normalized spacial score (nSPS) is 14.3. The zero-order valence-corrected chi connectivity index (χ0v) is 74.5. The molecule has 0 aliphatic carbocycles. The number of hydrogen-bond donors (Lipinski definition) is 3. The van der Waals surface area contributed by atoms with Crippen LogP contribution >= 0.6 is 15.6 Å². The number of hydrogen-bond acceptors (Lipinski definition) is 15. The van der Waals surface area contributed by atoms with Crippen molar-refractivity contribution in [1.29, 1.82) is 0 Å². The van der Waals surface area contributed by atoms with Crippen LogP contribution < -0.4 is 0 Å². The molecule has 3 N–H and O–H groups in total. The summed E-state index contributed by atoms with van der Waals surface area (Å²) < 4.78 is 69.0. The Bertz CT molecular complexity index is 2120. The van der Waals surface area contributed by atoms with Crippen molar-refractivity contribution in [2.24, 2.45) is 17.8 Å². The topological polar surface area (TPSA) is 237 Å². The second kappa shape index (κ2) is 80.8. The van der Waals surface area contributed by atoms with Crippen molar-refractivity contribution in [2.45, 2.75) is 503 Å². The molecule has 7 atom stereocenters. The van der Waals surface area contributed by atoms with Gasteiger partial charge in [0.15, 0.2) is 12.2 Å². The number of aliphatic hydroxyl groups excluding tert-OH is 1. The minimum atomic E-state index is -4.97. The number of ether oxygens (including phenoxy) is 4. The third-order valence-electron chi connectivity index (χ3n) is 22.1. The van der Waals surface area contributed by atoms with Crippen LogP contribution in [0.4, 0.5) is 0 Å². The smallest absolute Gasteiger partial charge is 0.462 e.